The van der Waals surface area contributed by atoms with E-state index in [1.807, 2.05) is 12.1 Å². The Morgan fingerprint density at radius 1 is 0.804 bits per heavy atom. The summed E-state index contributed by atoms with van der Waals surface area (Å²) in [5.74, 6) is -2.56. The minimum Gasteiger partial charge on any atom is -0.479 e. The summed E-state index contributed by atoms with van der Waals surface area (Å²) in [6, 6.07) is 14.0. The second-order valence-corrected chi connectivity index (χ2v) is 11.3. The van der Waals surface area contributed by atoms with E-state index in [2.05, 4.69) is 5.32 Å². The van der Waals surface area contributed by atoms with Crippen LogP contribution in [0.3, 0.4) is 0 Å². The van der Waals surface area contributed by atoms with Crippen LogP contribution in [0.4, 0.5) is 32.0 Å². The van der Waals surface area contributed by atoms with Crippen LogP contribution < -0.4 is 10.2 Å². The van der Waals surface area contributed by atoms with Crippen molar-refractivity contribution in [1.29, 1.82) is 0 Å². The molecule has 3 aromatic rings. The number of carboxylic acids is 1. The lowest BCUT2D eigenvalue weighted by Gasteiger charge is -2.26. The minimum absolute atomic E-state index is 0.00973. The molecule has 0 heterocycles. The van der Waals surface area contributed by atoms with Gasteiger partial charge in [0.2, 0.25) is 5.91 Å². The second-order valence-electron chi connectivity index (χ2n) is 11.3. The lowest BCUT2D eigenvalue weighted by atomic mass is 9.84. The van der Waals surface area contributed by atoms with Gasteiger partial charge >= 0.3 is 18.3 Å². The molecule has 4 rings (SSSR count). The molecule has 2 amide bonds. The summed E-state index contributed by atoms with van der Waals surface area (Å²) in [4.78, 5) is 38.0. The fourth-order valence-electron chi connectivity index (χ4n) is 5.40. The summed E-state index contributed by atoms with van der Waals surface area (Å²) in [6.07, 6.45) is -7.26. The van der Waals surface area contributed by atoms with Crippen LogP contribution >= 0.6 is 0 Å². The summed E-state index contributed by atoms with van der Waals surface area (Å²) in [5, 5.41) is 20.4. The van der Waals surface area contributed by atoms with E-state index < -0.39 is 65.9 Å². The quantitative estimate of drug-likeness (QED) is 0.211. The standard InChI is InChI=1S/C33H32F6N2O5/c34-32(35,36)25-14-21(15-26(17-25)33(37,38)39)16-29(43)41(27-12-10-23(11-13-27)22-4-2-1-3-5-22)19-20-6-8-24(9-7-20)30(44)40-18-28(42)31(45)46/h6-15,17,22,28,42H,1-5,16,18-19H2,(H,40,44)(H,45,46)/t28-/m1/s1. The molecule has 1 atom stereocenters. The Bertz CT molecular complexity index is 1500. The van der Waals surface area contributed by atoms with Gasteiger partial charge in [-0.1, -0.05) is 43.5 Å². The van der Waals surface area contributed by atoms with Crippen molar-refractivity contribution in [3.8, 4) is 0 Å². The van der Waals surface area contributed by atoms with Gasteiger partial charge in [0.25, 0.3) is 5.91 Å². The average molecular weight is 651 g/mol. The molecule has 0 radical (unpaired) electrons. The first-order valence-electron chi connectivity index (χ1n) is 14.6. The van der Waals surface area contributed by atoms with E-state index in [9.17, 15) is 45.8 Å². The molecule has 246 valence electrons. The Morgan fingerprint density at radius 3 is 1.89 bits per heavy atom. The first-order chi connectivity index (χ1) is 21.6. The molecule has 3 aromatic carbocycles. The SMILES string of the molecule is O=C(NC[C@@H](O)C(=O)O)c1ccc(CN(C(=O)Cc2cc(C(F)(F)F)cc(C(F)(F)F)c2)c2ccc(C3CCCCC3)cc2)cc1. The van der Waals surface area contributed by atoms with Crippen LogP contribution in [0.15, 0.2) is 66.7 Å². The Labute approximate surface area is 260 Å². The molecule has 1 fully saturated rings. The van der Waals surface area contributed by atoms with E-state index >= 15 is 0 Å². The number of alkyl halides is 6. The highest BCUT2D eigenvalue weighted by Crippen LogP contribution is 2.37. The molecule has 3 N–H and O–H groups in total. The number of hydrogen-bond donors (Lipinski definition) is 3. The van der Waals surface area contributed by atoms with Crippen LogP contribution in [0.1, 0.15) is 76.2 Å². The number of anilines is 1. The molecule has 46 heavy (non-hydrogen) atoms. The maximum Gasteiger partial charge on any atom is 0.416 e. The zero-order chi connectivity index (χ0) is 33.6. The number of amides is 2. The highest BCUT2D eigenvalue weighted by atomic mass is 19.4. The number of carbonyl (C=O) groups excluding carboxylic acids is 2. The summed E-state index contributed by atoms with van der Waals surface area (Å²) in [7, 11) is 0. The lowest BCUT2D eigenvalue weighted by molar-refractivity contribution is -0.146. The predicted molar refractivity (Wildman–Crippen MR) is 156 cm³/mol. The fraction of sp³-hybridized carbons (Fsp3) is 0.364. The molecule has 0 spiro atoms. The van der Waals surface area contributed by atoms with E-state index in [4.69, 9.17) is 5.11 Å². The van der Waals surface area contributed by atoms with Crippen molar-refractivity contribution < 1.29 is 50.9 Å². The molecule has 13 heteroatoms. The number of nitrogens with zero attached hydrogens (tertiary/aromatic N) is 1. The molecule has 0 bridgehead atoms. The number of hydrogen-bond acceptors (Lipinski definition) is 4. The van der Waals surface area contributed by atoms with Crippen molar-refractivity contribution in [2.24, 2.45) is 0 Å². The number of aliphatic hydroxyl groups excluding tert-OH is 1. The van der Waals surface area contributed by atoms with E-state index in [1.54, 1.807) is 12.1 Å². The maximum atomic E-state index is 13.6. The van der Waals surface area contributed by atoms with Crippen molar-refractivity contribution >= 4 is 23.5 Å². The monoisotopic (exact) mass is 650 g/mol. The third-order valence-corrected chi connectivity index (χ3v) is 7.88. The second kappa shape index (κ2) is 14.4. The third-order valence-electron chi connectivity index (χ3n) is 7.88. The Kier molecular flexibility index (Phi) is 10.8. The molecule has 0 unspecified atom stereocenters. The maximum absolute atomic E-state index is 13.6. The zero-order valence-electron chi connectivity index (χ0n) is 24.5. The van der Waals surface area contributed by atoms with Crippen LogP contribution in [0.2, 0.25) is 0 Å². The number of aliphatic hydroxyl groups is 1. The van der Waals surface area contributed by atoms with Gasteiger partial charge in [-0.05, 0) is 77.9 Å². The summed E-state index contributed by atoms with van der Waals surface area (Å²) in [6.45, 7) is -0.646. The lowest BCUT2D eigenvalue weighted by Crippen LogP contribution is -2.36. The number of nitrogens with one attached hydrogen (secondary N) is 1. The molecule has 1 aliphatic rings. The van der Waals surface area contributed by atoms with Gasteiger partial charge in [-0.2, -0.15) is 26.3 Å². The van der Waals surface area contributed by atoms with Crippen molar-refractivity contribution in [1.82, 2.24) is 5.32 Å². The summed E-state index contributed by atoms with van der Waals surface area (Å²) in [5.41, 5.74) is -1.40. The van der Waals surface area contributed by atoms with E-state index in [0.29, 0.717) is 29.3 Å². The topological polar surface area (TPSA) is 107 Å². The summed E-state index contributed by atoms with van der Waals surface area (Å²) < 4.78 is 80.8. The number of benzene rings is 3. The molecular formula is C33H32F6N2O5. The van der Waals surface area contributed by atoms with Crippen LogP contribution in [0, 0.1) is 0 Å². The van der Waals surface area contributed by atoms with Crippen LogP contribution in [0.5, 0.6) is 0 Å². The van der Waals surface area contributed by atoms with Crippen molar-refractivity contribution in [3.05, 3.63) is 100 Å². The van der Waals surface area contributed by atoms with Gasteiger partial charge in [-0.25, -0.2) is 4.79 Å². The normalized spacial score (nSPS) is 14.8. The third kappa shape index (κ3) is 9.09. The molecule has 1 aliphatic carbocycles. The van der Waals surface area contributed by atoms with Gasteiger partial charge < -0.3 is 20.4 Å². The Morgan fingerprint density at radius 2 is 1.37 bits per heavy atom. The molecule has 7 nitrogen and oxygen atoms in total. The van der Waals surface area contributed by atoms with Gasteiger partial charge in [0, 0.05) is 11.3 Å². The van der Waals surface area contributed by atoms with Crippen LogP contribution in [0.25, 0.3) is 0 Å². The van der Waals surface area contributed by atoms with Gasteiger partial charge in [-0.15, -0.1) is 0 Å². The van der Waals surface area contributed by atoms with Crippen LogP contribution in [-0.4, -0.2) is 40.6 Å². The van der Waals surface area contributed by atoms with Gasteiger partial charge in [-0.3, -0.25) is 9.59 Å². The zero-order valence-corrected chi connectivity index (χ0v) is 24.5. The molecule has 0 saturated heterocycles. The predicted octanol–water partition coefficient (Wildman–Crippen LogP) is 6.72. The van der Waals surface area contributed by atoms with Crippen molar-refractivity contribution in [3.63, 3.8) is 0 Å². The molecule has 1 saturated carbocycles. The largest absolute Gasteiger partial charge is 0.479 e. The van der Waals surface area contributed by atoms with E-state index in [0.717, 1.165) is 37.7 Å². The molecular weight excluding hydrogens is 618 g/mol. The minimum atomic E-state index is -5.06. The van der Waals surface area contributed by atoms with E-state index in [1.165, 1.54) is 29.2 Å². The highest BCUT2D eigenvalue weighted by Gasteiger charge is 2.37. The highest BCUT2D eigenvalue weighted by molar-refractivity contribution is 5.95. The van der Waals surface area contributed by atoms with Gasteiger partial charge in [0.15, 0.2) is 6.10 Å². The van der Waals surface area contributed by atoms with E-state index in [-0.39, 0.29) is 18.2 Å². The molecule has 0 aliphatic heterocycles. The smallest absolute Gasteiger partial charge is 0.416 e. The fourth-order valence-corrected chi connectivity index (χ4v) is 5.40. The number of carboxylic acid groups (broad SMARTS) is 1. The number of carbonyl (C=O) groups is 3. The first-order valence-corrected chi connectivity index (χ1v) is 14.6. The number of rotatable bonds is 10. The Hall–Kier alpha value is -4.39. The number of halogens is 6. The van der Waals surface area contributed by atoms with Crippen molar-refractivity contribution in [2.75, 3.05) is 11.4 Å². The molecule has 0 aromatic heterocycles. The van der Waals surface area contributed by atoms with Gasteiger partial charge in [0.1, 0.15) is 0 Å². The van der Waals surface area contributed by atoms with Crippen molar-refractivity contribution in [2.45, 2.75) is 69.4 Å². The summed E-state index contributed by atoms with van der Waals surface area (Å²) >= 11 is 0. The van der Waals surface area contributed by atoms with Crippen LogP contribution in [-0.2, 0) is 34.9 Å². The average Bonchev–Trinajstić information content (AvgIpc) is 3.02. The first kappa shape index (κ1) is 34.5. The number of aliphatic carboxylic acids is 1. The Balaban J connectivity index is 1.61. The van der Waals surface area contributed by atoms with Gasteiger partial charge in [0.05, 0.1) is 30.6 Å².